The highest BCUT2D eigenvalue weighted by Gasteiger charge is 2.26. The van der Waals surface area contributed by atoms with Gasteiger partial charge in [0.05, 0.1) is 12.0 Å². The maximum atomic E-state index is 11.1. The first-order chi connectivity index (χ1) is 6.77. The van der Waals surface area contributed by atoms with Crippen molar-refractivity contribution >= 4 is 10.8 Å². The highest BCUT2D eigenvalue weighted by Crippen LogP contribution is 2.24. The van der Waals surface area contributed by atoms with Crippen LogP contribution in [0.3, 0.4) is 0 Å². The highest BCUT2D eigenvalue weighted by atomic mass is 32.2. The lowest BCUT2D eigenvalue weighted by atomic mass is 10.1. The second-order valence-corrected chi connectivity index (χ2v) is 5.52. The third kappa shape index (κ3) is 3.39. The fourth-order valence-corrected chi connectivity index (χ4v) is 2.50. The molecule has 0 radical (unpaired) electrons. The highest BCUT2D eigenvalue weighted by molar-refractivity contribution is 7.84. The number of nitrogens with one attached hydrogen (secondary N) is 1. The molecular formula is C10H18N2OS. The summed E-state index contributed by atoms with van der Waals surface area (Å²) in [4.78, 5) is 0. The van der Waals surface area contributed by atoms with Crippen molar-refractivity contribution in [3.63, 3.8) is 0 Å². The lowest BCUT2D eigenvalue weighted by Crippen LogP contribution is -2.34. The minimum Gasteiger partial charge on any atom is -0.312 e. The van der Waals surface area contributed by atoms with Crippen molar-refractivity contribution in [1.82, 2.24) is 5.32 Å². The Morgan fingerprint density at radius 2 is 2.36 bits per heavy atom. The predicted octanol–water partition coefficient (Wildman–Crippen LogP) is 1.04. The molecule has 1 aliphatic rings. The summed E-state index contributed by atoms with van der Waals surface area (Å²) in [7, 11) is -0.686. The largest absolute Gasteiger partial charge is 0.312 e. The molecule has 0 amide bonds. The van der Waals surface area contributed by atoms with E-state index in [4.69, 9.17) is 5.26 Å². The Hall–Kier alpha value is -0.400. The van der Waals surface area contributed by atoms with E-state index in [1.807, 2.05) is 6.92 Å². The average molecular weight is 214 g/mol. The van der Waals surface area contributed by atoms with E-state index >= 15 is 0 Å². The number of hydrogen-bond acceptors (Lipinski definition) is 3. The van der Waals surface area contributed by atoms with Crippen molar-refractivity contribution in [3.8, 4) is 6.07 Å². The van der Waals surface area contributed by atoms with Crippen LogP contribution in [0.4, 0.5) is 0 Å². The molecule has 3 unspecified atom stereocenters. The van der Waals surface area contributed by atoms with Gasteiger partial charge in [0, 0.05) is 34.9 Å². The molecule has 1 aliphatic carbocycles. The van der Waals surface area contributed by atoms with Crippen LogP contribution in [0.25, 0.3) is 0 Å². The minimum absolute atomic E-state index is 0.171. The molecule has 3 atom stereocenters. The first-order valence-electron chi connectivity index (χ1n) is 5.26. The van der Waals surface area contributed by atoms with Crippen molar-refractivity contribution < 1.29 is 4.21 Å². The van der Waals surface area contributed by atoms with Crippen LogP contribution in [-0.4, -0.2) is 28.3 Å². The van der Waals surface area contributed by atoms with E-state index in [0.29, 0.717) is 11.8 Å². The fraction of sp³-hybridized carbons (Fsp3) is 0.900. The molecule has 0 aromatic heterocycles. The molecule has 0 spiro atoms. The molecule has 3 nitrogen and oxygen atoms in total. The van der Waals surface area contributed by atoms with Crippen LogP contribution in [0.1, 0.15) is 26.2 Å². The number of nitriles is 1. The summed E-state index contributed by atoms with van der Waals surface area (Å²) in [6.45, 7) is 2.72. The average Bonchev–Trinajstić information content (AvgIpc) is 2.65. The van der Waals surface area contributed by atoms with Crippen LogP contribution in [-0.2, 0) is 10.8 Å². The van der Waals surface area contributed by atoms with E-state index in [0.717, 1.165) is 31.6 Å². The molecule has 0 heterocycles. The Morgan fingerprint density at radius 1 is 1.57 bits per heavy atom. The molecule has 0 saturated heterocycles. The summed E-state index contributed by atoms with van der Waals surface area (Å²) in [6.07, 6.45) is 3.26. The zero-order valence-electron chi connectivity index (χ0n) is 8.66. The van der Waals surface area contributed by atoms with Crippen molar-refractivity contribution in [1.29, 1.82) is 5.26 Å². The Morgan fingerprint density at radius 3 is 3.00 bits per heavy atom. The number of rotatable bonds is 5. The van der Waals surface area contributed by atoms with Gasteiger partial charge in [-0.25, -0.2) is 0 Å². The van der Waals surface area contributed by atoms with Crippen molar-refractivity contribution in [3.05, 3.63) is 0 Å². The van der Waals surface area contributed by atoms with Crippen molar-refractivity contribution in [2.45, 2.75) is 32.2 Å². The molecular weight excluding hydrogens is 196 g/mol. The van der Waals surface area contributed by atoms with Crippen LogP contribution >= 0.6 is 0 Å². The molecule has 0 aromatic rings. The quantitative estimate of drug-likeness (QED) is 0.744. The maximum Gasteiger partial charge on any atom is 0.0672 e. The van der Waals surface area contributed by atoms with E-state index in [2.05, 4.69) is 11.4 Å². The SMILES string of the molecule is CCS(=O)CCNC1CCCC1C#N. The van der Waals surface area contributed by atoms with Gasteiger partial charge in [-0.15, -0.1) is 0 Å². The fourth-order valence-electron chi connectivity index (χ4n) is 1.86. The molecule has 0 aliphatic heterocycles. The lowest BCUT2D eigenvalue weighted by molar-refractivity contribution is 0.479. The first kappa shape index (κ1) is 11.7. The maximum absolute atomic E-state index is 11.1. The normalized spacial score (nSPS) is 28.6. The monoisotopic (exact) mass is 214 g/mol. The summed E-state index contributed by atoms with van der Waals surface area (Å²) in [5, 5.41) is 12.2. The van der Waals surface area contributed by atoms with Gasteiger partial charge < -0.3 is 5.32 Å². The van der Waals surface area contributed by atoms with Crippen LogP contribution in [0, 0.1) is 17.2 Å². The lowest BCUT2D eigenvalue weighted by Gasteiger charge is -2.14. The zero-order valence-corrected chi connectivity index (χ0v) is 9.48. The molecule has 0 bridgehead atoms. The van der Waals surface area contributed by atoms with Gasteiger partial charge in [0.15, 0.2) is 0 Å². The molecule has 1 N–H and O–H groups in total. The second-order valence-electron chi connectivity index (χ2n) is 3.66. The van der Waals surface area contributed by atoms with E-state index in [1.54, 1.807) is 0 Å². The molecule has 1 fully saturated rings. The predicted molar refractivity (Wildman–Crippen MR) is 58.3 cm³/mol. The van der Waals surface area contributed by atoms with E-state index in [9.17, 15) is 4.21 Å². The Bertz CT molecular complexity index is 237. The topological polar surface area (TPSA) is 52.9 Å². The molecule has 0 aromatic carbocycles. The van der Waals surface area contributed by atoms with Gasteiger partial charge in [0.25, 0.3) is 0 Å². The first-order valence-corrected chi connectivity index (χ1v) is 6.74. The Balaban J connectivity index is 2.18. The molecule has 1 rings (SSSR count). The van der Waals surface area contributed by atoms with Crippen molar-refractivity contribution in [2.24, 2.45) is 5.92 Å². The molecule has 14 heavy (non-hydrogen) atoms. The van der Waals surface area contributed by atoms with Gasteiger partial charge in [-0.1, -0.05) is 13.3 Å². The second kappa shape index (κ2) is 6.15. The zero-order chi connectivity index (χ0) is 10.4. The van der Waals surface area contributed by atoms with Crippen LogP contribution in [0.5, 0.6) is 0 Å². The van der Waals surface area contributed by atoms with Gasteiger partial charge in [-0.05, 0) is 12.8 Å². The summed E-state index contributed by atoms with van der Waals surface area (Å²) in [6, 6.07) is 2.67. The van der Waals surface area contributed by atoms with E-state index in [-0.39, 0.29) is 5.92 Å². The summed E-state index contributed by atoms with van der Waals surface area (Å²) >= 11 is 0. The Labute approximate surface area is 88.3 Å². The number of hydrogen-bond donors (Lipinski definition) is 1. The standard InChI is InChI=1S/C10H18N2OS/c1-2-14(13)7-6-12-10-5-3-4-9(10)8-11/h9-10,12H,2-7H2,1H3. The molecule has 80 valence electrons. The van der Waals surface area contributed by atoms with Crippen LogP contribution in [0.2, 0.25) is 0 Å². The van der Waals surface area contributed by atoms with E-state index < -0.39 is 10.8 Å². The summed E-state index contributed by atoms with van der Waals surface area (Å²) < 4.78 is 11.1. The van der Waals surface area contributed by atoms with Gasteiger partial charge in [-0.2, -0.15) is 5.26 Å². The Kier molecular flexibility index (Phi) is 5.13. The summed E-state index contributed by atoms with van der Waals surface area (Å²) in [5.41, 5.74) is 0. The number of nitrogens with zero attached hydrogens (tertiary/aromatic N) is 1. The van der Waals surface area contributed by atoms with Gasteiger partial charge in [0.2, 0.25) is 0 Å². The van der Waals surface area contributed by atoms with E-state index in [1.165, 1.54) is 0 Å². The molecule has 1 saturated carbocycles. The third-order valence-corrected chi connectivity index (χ3v) is 4.04. The van der Waals surface area contributed by atoms with Gasteiger partial charge >= 0.3 is 0 Å². The smallest absolute Gasteiger partial charge is 0.0672 e. The molecule has 4 heteroatoms. The minimum atomic E-state index is -0.686. The van der Waals surface area contributed by atoms with Gasteiger partial charge in [0.1, 0.15) is 0 Å². The third-order valence-electron chi connectivity index (χ3n) is 2.74. The van der Waals surface area contributed by atoms with Crippen LogP contribution in [0.15, 0.2) is 0 Å². The van der Waals surface area contributed by atoms with Crippen molar-refractivity contribution in [2.75, 3.05) is 18.1 Å². The van der Waals surface area contributed by atoms with Gasteiger partial charge in [-0.3, -0.25) is 4.21 Å². The van der Waals surface area contributed by atoms with Crippen LogP contribution < -0.4 is 5.32 Å². The summed E-state index contributed by atoms with van der Waals surface area (Å²) in [5.74, 6) is 1.61.